The van der Waals surface area contributed by atoms with E-state index in [2.05, 4.69) is 63.0 Å². The summed E-state index contributed by atoms with van der Waals surface area (Å²) in [6.45, 7) is 6.90. The van der Waals surface area contributed by atoms with E-state index in [1.165, 1.54) is 0 Å². The number of hydrogen-bond acceptors (Lipinski definition) is 3. The Hall–Kier alpha value is -2.24. The molecule has 0 amide bonds. The summed E-state index contributed by atoms with van der Waals surface area (Å²) in [6, 6.07) is 22.2. The molecule has 0 saturated heterocycles. The molecule has 1 aromatic heterocycles. The molecule has 4 rings (SSSR count). The zero-order chi connectivity index (χ0) is 22.2. The molecule has 3 nitrogen and oxygen atoms in total. The van der Waals surface area contributed by atoms with Gasteiger partial charge in [-0.05, 0) is 74.7 Å². The van der Waals surface area contributed by atoms with Crippen LogP contribution in [0.2, 0.25) is 0 Å². The lowest BCUT2D eigenvalue weighted by atomic mass is 10.0. The zero-order valence-electron chi connectivity index (χ0n) is 18.0. The predicted octanol–water partition coefficient (Wildman–Crippen LogP) is 8.69. The fraction of sp³-hybridized carbons (Fsp3) is 0.231. The Balaban J connectivity index is 0.00000132. The number of nitrogens with zero attached hydrogens (tertiary/aromatic N) is 2. The van der Waals surface area contributed by atoms with Crippen LogP contribution in [0.5, 0.6) is 5.75 Å². The van der Waals surface area contributed by atoms with Gasteiger partial charge in [0.2, 0.25) is 0 Å². The molecule has 0 saturated carbocycles. The minimum absolute atomic E-state index is 0.738. The van der Waals surface area contributed by atoms with E-state index in [4.69, 9.17) is 14.7 Å². The molecule has 0 atom stereocenters. The van der Waals surface area contributed by atoms with E-state index in [0.29, 0.717) is 0 Å². The largest absolute Gasteiger partial charge is 0.494 e. The molecule has 5 heteroatoms. The molecular weight excluding hydrogens is 516 g/mol. The van der Waals surface area contributed by atoms with Gasteiger partial charge in [-0.25, -0.2) is 9.97 Å². The van der Waals surface area contributed by atoms with Crippen LogP contribution in [0.15, 0.2) is 75.7 Å². The van der Waals surface area contributed by atoms with Gasteiger partial charge in [-0.15, -0.1) is 0 Å². The minimum Gasteiger partial charge on any atom is -0.494 e. The van der Waals surface area contributed by atoms with Crippen LogP contribution >= 0.6 is 31.9 Å². The molecule has 0 unspecified atom stereocenters. The number of benzene rings is 3. The van der Waals surface area contributed by atoms with Crippen LogP contribution in [-0.4, -0.2) is 16.6 Å². The highest BCUT2D eigenvalue weighted by atomic mass is 79.9. The van der Waals surface area contributed by atoms with Crippen LogP contribution in [-0.2, 0) is 0 Å². The third kappa shape index (κ3) is 5.52. The van der Waals surface area contributed by atoms with Gasteiger partial charge in [-0.2, -0.15) is 0 Å². The van der Waals surface area contributed by atoms with Gasteiger partial charge in [0.05, 0.1) is 18.0 Å². The number of rotatable bonds is 6. The summed E-state index contributed by atoms with van der Waals surface area (Å²) in [6.07, 6.45) is 2.18. The quantitative estimate of drug-likeness (QED) is 0.229. The standard InChI is InChI=1S/C24H20Br2N2O.C2H6/c1-2-3-15-29-18-11-9-17(10-12-18)22-21(16-7-5-4-6-8-16)27-23-19(25)13-14-20(26)24(23)28-22;1-2/h4-14H,2-3,15H2,1H3;1-2H3. The predicted molar refractivity (Wildman–Crippen MR) is 138 cm³/mol. The lowest BCUT2D eigenvalue weighted by molar-refractivity contribution is 0.309. The molecule has 0 aliphatic carbocycles. The Kier molecular flexibility index (Phi) is 8.61. The maximum absolute atomic E-state index is 5.81. The Morgan fingerprint density at radius 2 is 1.23 bits per heavy atom. The number of unbranched alkanes of at least 4 members (excludes halogenated alkanes) is 1. The molecule has 3 aromatic carbocycles. The monoisotopic (exact) mass is 540 g/mol. The van der Waals surface area contributed by atoms with Gasteiger partial charge in [0, 0.05) is 20.1 Å². The van der Waals surface area contributed by atoms with Crippen molar-refractivity contribution < 1.29 is 4.74 Å². The molecule has 160 valence electrons. The van der Waals surface area contributed by atoms with E-state index in [9.17, 15) is 0 Å². The van der Waals surface area contributed by atoms with Crippen molar-refractivity contribution in [3.05, 3.63) is 75.7 Å². The van der Waals surface area contributed by atoms with Gasteiger partial charge in [0.15, 0.2) is 0 Å². The molecule has 1 heterocycles. The number of fused-ring (bicyclic) bond motifs is 1. The van der Waals surface area contributed by atoms with Crippen molar-refractivity contribution in [2.24, 2.45) is 0 Å². The number of halogens is 2. The van der Waals surface area contributed by atoms with Gasteiger partial charge in [-0.1, -0.05) is 57.5 Å². The van der Waals surface area contributed by atoms with Crippen LogP contribution < -0.4 is 4.74 Å². The summed E-state index contributed by atoms with van der Waals surface area (Å²) >= 11 is 7.24. The third-order valence-corrected chi connectivity index (χ3v) is 5.95. The molecule has 0 bridgehead atoms. The summed E-state index contributed by atoms with van der Waals surface area (Å²) < 4.78 is 7.65. The first-order chi connectivity index (χ1) is 15.2. The van der Waals surface area contributed by atoms with Gasteiger partial charge in [0.25, 0.3) is 0 Å². The average Bonchev–Trinajstić information content (AvgIpc) is 2.83. The molecule has 0 aliphatic rings. The molecule has 0 N–H and O–H groups in total. The van der Waals surface area contributed by atoms with Crippen molar-refractivity contribution in [3.8, 4) is 28.3 Å². The maximum Gasteiger partial charge on any atom is 0.119 e. The highest BCUT2D eigenvalue weighted by Gasteiger charge is 2.16. The second-order valence-electron chi connectivity index (χ2n) is 6.74. The van der Waals surface area contributed by atoms with Crippen molar-refractivity contribution in [2.75, 3.05) is 6.61 Å². The first-order valence-electron chi connectivity index (χ1n) is 10.6. The van der Waals surface area contributed by atoms with Crippen LogP contribution in [0.3, 0.4) is 0 Å². The van der Waals surface area contributed by atoms with Crippen LogP contribution in [0.1, 0.15) is 33.6 Å². The SMILES string of the molecule is CC.CCCCOc1ccc(-c2nc3c(Br)ccc(Br)c3nc2-c2ccccc2)cc1. The Morgan fingerprint density at radius 3 is 1.74 bits per heavy atom. The van der Waals surface area contributed by atoms with E-state index in [1.807, 2.05) is 56.3 Å². The van der Waals surface area contributed by atoms with Gasteiger partial charge < -0.3 is 4.74 Å². The van der Waals surface area contributed by atoms with Gasteiger partial charge in [-0.3, -0.25) is 0 Å². The van der Waals surface area contributed by atoms with Crippen LogP contribution in [0.4, 0.5) is 0 Å². The lowest BCUT2D eigenvalue weighted by Crippen LogP contribution is -1.98. The molecule has 0 aliphatic heterocycles. The maximum atomic E-state index is 5.81. The highest BCUT2D eigenvalue weighted by molar-refractivity contribution is 9.11. The molecule has 0 radical (unpaired) electrons. The van der Waals surface area contributed by atoms with Crippen LogP contribution in [0, 0.1) is 0 Å². The van der Waals surface area contributed by atoms with Crippen molar-refractivity contribution in [1.29, 1.82) is 0 Å². The Labute approximate surface area is 201 Å². The molecule has 0 spiro atoms. The topological polar surface area (TPSA) is 35.0 Å². The second kappa shape index (κ2) is 11.4. The lowest BCUT2D eigenvalue weighted by Gasteiger charge is -2.13. The minimum atomic E-state index is 0.738. The normalized spacial score (nSPS) is 10.5. The van der Waals surface area contributed by atoms with Crippen molar-refractivity contribution in [1.82, 2.24) is 9.97 Å². The number of hydrogen-bond donors (Lipinski definition) is 0. The first kappa shape index (κ1) is 23.4. The van der Waals surface area contributed by atoms with E-state index >= 15 is 0 Å². The fourth-order valence-electron chi connectivity index (χ4n) is 3.11. The number of ether oxygens (including phenoxy) is 1. The molecular formula is C26H26Br2N2O. The molecule has 0 fully saturated rings. The van der Waals surface area contributed by atoms with Crippen molar-refractivity contribution in [3.63, 3.8) is 0 Å². The van der Waals surface area contributed by atoms with Gasteiger partial charge in [0.1, 0.15) is 16.8 Å². The van der Waals surface area contributed by atoms with Crippen molar-refractivity contribution >= 4 is 42.9 Å². The summed E-state index contributed by atoms with van der Waals surface area (Å²) in [5.74, 6) is 0.876. The van der Waals surface area contributed by atoms with E-state index in [-0.39, 0.29) is 0 Å². The van der Waals surface area contributed by atoms with E-state index in [1.54, 1.807) is 0 Å². The van der Waals surface area contributed by atoms with E-state index in [0.717, 1.165) is 67.7 Å². The molecule has 4 aromatic rings. The summed E-state index contributed by atoms with van der Waals surface area (Å²) in [7, 11) is 0. The smallest absolute Gasteiger partial charge is 0.119 e. The Morgan fingerprint density at radius 1 is 0.710 bits per heavy atom. The molecule has 31 heavy (non-hydrogen) atoms. The summed E-state index contributed by atoms with van der Waals surface area (Å²) in [5, 5.41) is 0. The summed E-state index contributed by atoms with van der Waals surface area (Å²) in [5.41, 5.74) is 5.41. The van der Waals surface area contributed by atoms with Gasteiger partial charge >= 0.3 is 0 Å². The van der Waals surface area contributed by atoms with Crippen molar-refractivity contribution in [2.45, 2.75) is 33.6 Å². The van der Waals surface area contributed by atoms with E-state index < -0.39 is 0 Å². The van der Waals surface area contributed by atoms with Crippen LogP contribution in [0.25, 0.3) is 33.5 Å². The fourth-order valence-corrected chi connectivity index (χ4v) is 3.93. The third-order valence-electron chi connectivity index (χ3n) is 4.67. The zero-order valence-corrected chi connectivity index (χ0v) is 21.2. The average molecular weight is 542 g/mol. The Bertz CT molecular complexity index is 1130. The highest BCUT2D eigenvalue weighted by Crippen LogP contribution is 2.35. The second-order valence-corrected chi connectivity index (χ2v) is 8.45. The first-order valence-corrected chi connectivity index (χ1v) is 12.2. The summed E-state index contributed by atoms with van der Waals surface area (Å²) in [4.78, 5) is 10.0. The number of aromatic nitrogens is 2.